The summed E-state index contributed by atoms with van der Waals surface area (Å²) in [4.78, 5) is 11.7. The summed E-state index contributed by atoms with van der Waals surface area (Å²) in [6, 6.07) is 7.78. The predicted octanol–water partition coefficient (Wildman–Crippen LogP) is 2.54. The van der Waals surface area contributed by atoms with Crippen LogP contribution in [0.25, 0.3) is 0 Å². The van der Waals surface area contributed by atoms with E-state index in [0.717, 1.165) is 9.13 Å². The fraction of sp³-hybridized carbons (Fsp3) is 0. The van der Waals surface area contributed by atoms with Crippen molar-refractivity contribution < 1.29 is 4.79 Å². The van der Waals surface area contributed by atoms with Crippen molar-refractivity contribution in [2.24, 2.45) is 5.10 Å². The molecule has 0 radical (unpaired) electrons. The number of hydrogen-bond donors (Lipinski definition) is 2. The number of nitrogens with one attached hydrogen (secondary N) is 2. The standard InChI is InChI=1S/C11H8BrIN4O/c12-9-6-15-16-10(9)11(18)17-14-5-7-2-1-3-8(13)4-7/h1-6H,(H,15,16)(H,17,18)/b14-5-. The van der Waals surface area contributed by atoms with E-state index in [9.17, 15) is 4.79 Å². The Labute approximate surface area is 125 Å². The van der Waals surface area contributed by atoms with Gasteiger partial charge in [-0.05, 0) is 56.2 Å². The average molecular weight is 419 g/mol. The lowest BCUT2D eigenvalue weighted by Gasteiger charge is -1.97. The third kappa shape index (κ3) is 3.39. The molecule has 1 amide bonds. The zero-order chi connectivity index (χ0) is 13.0. The number of aromatic amines is 1. The van der Waals surface area contributed by atoms with E-state index in [-0.39, 0.29) is 5.91 Å². The molecule has 0 unspecified atom stereocenters. The minimum atomic E-state index is -0.346. The van der Waals surface area contributed by atoms with E-state index in [0.29, 0.717) is 10.2 Å². The van der Waals surface area contributed by atoms with Crippen LogP contribution < -0.4 is 5.43 Å². The number of amides is 1. The number of benzene rings is 1. The first-order valence-corrected chi connectivity index (χ1v) is 6.82. The normalized spacial score (nSPS) is 10.8. The largest absolute Gasteiger partial charge is 0.290 e. The summed E-state index contributed by atoms with van der Waals surface area (Å²) in [6.07, 6.45) is 3.10. The Bertz CT molecular complexity index is 596. The number of aromatic nitrogens is 2. The Morgan fingerprint density at radius 1 is 1.56 bits per heavy atom. The van der Waals surface area contributed by atoms with Crippen molar-refractivity contribution >= 4 is 50.6 Å². The van der Waals surface area contributed by atoms with Crippen LogP contribution in [0, 0.1) is 3.57 Å². The molecule has 1 aromatic heterocycles. The number of hydrazone groups is 1. The van der Waals surface area contributed by atoms with Gasteiger partial charge in [0, 0.05) is 3.57 Å². The molecule has 0 aliphatic carbocycles. The number of hydrogen-bond acceptors (Lipinski definition) is 3. The van der Waals surface area contributed by atoms with E-state index >= 15 is 0 Å². The van der Waals surface area contributed by atoms with Gasteiger partial charge in [0.2, 0.25) is 0 Å². The highest BCUT2D eigenvalue weighted by Crippen LogP contribution is 2.12. The predicted molar refractivity (Wildman–Crippen MR) is 80.5 cm³/mol. The highest BCUT2D eigenvalue weighted by Gasteiger charge is 2.10. The molecule has 0 atom stereocenters. The van der Waals surface area contributed by atoms with Gasteiger partial charge < -0.3 is 0 Å². The monoisotopic (exact) mass is 418 g/mol. The molecule has 5 nitrogen and oxygen atoms in total. The summed E-state index contributed by atoms with van der Waals surface area (Å²) in [6.45, 7) is 0. The Kier molecular flexibility index (Phi) is 4.48. The van der Waals surface area contributed by atoms with Crippen molar-refractivity contribution in [2.75, 3.05) is 0 Å². The van der Waals surface area contributed by atoms with Crippen LogP contribution in [-0.2, 0) is 0 Å². The molecule has 2 aromatic rings. The van der Waals surface area contributed by atoms with E-state index in [1.165, 1.54) is 6.20 Å². The van der Waals surface area contributed by atoms with Crippen LogP contribution in [0.2, 0.25) is 0 Å². The summed E-state index contributed by atoms with van der Waals surface area (Å²) in [7, 11) is 0. The zero-order valence-corrected chi connectivity index (χ0v) is 12.8. The zero-order valence-electron chi connectivity index (χ0n) is 9.02. The maximum Gasteiger partial charge on any atom is 0.290 e. The molecular weight excluding hydrogens is 411 g/mol. The van der Waals surface area contributed by atoms with Crippen LogP contribution in [0.1, 0.15) is 16.1 Å². The second-order valence-electron chi connectivity index (χ2n) is 3.35. The lowest BCUT2D eigenvalue weighted by molar-refractivity contribution is 0.0949. The Morgan fingerprint density at radius 3 is 3.06 bits per heavy atom. The number of carbonyl (C=O) groups excluding carboxylic acids is 1. The number of halogens is 2. The molecule has 0 spiro atoms. The highest BCUT2D eigenvalue weighted by atomic mass is 127. The van der Waals surface area contributed by atoms with Crippen molar-refractivity contribution in [1.29, 1.82) is 0 Å². The van der Waals surface area contributed by atoms with Crippen molar-refractivity contribution in [3.8, 4) is 0 Å². The van der Waals surface area contributed by atoms with E-state index in [1.54, 1.807) is 6.21 Å². The summed E-state index contributed by atoms with van der Waals surface area (Å²) in [5, 5.41) is 10.2. The van der Waals surface area contributed by atoms with Gasteiger partial charge in [-0.25, -0.2) is 5.43 Å². The molecular formula is C11H8BrIN4O. The summed E-state index contributed by atoms with van der Waals surface area (Å²) in [5.41, 5.74) is 3.69. The van der Waals surface area contributed by atoms with E-state index in [4.69, 9.17) is 0 Å². The molecule has 0 aliphatic rings. The van der Waals surface area contributed by atoms with Crippen molar-refractivity contribution in [3.63, 3.8) is 0 Å². The summed E-state index contributed by atoms with van der Waals surface area (Å²) >= 11 is 5.42. The van der Waals surface area contributed by atoms with Gasteiger partial charge in [0.05, 0.1) is 16.9 Å². The molecule has 7 heteroatoms. The third-order valence-corrected chi connectivity index (χ3v) is 3.32. The lowest BCUT2D eigenvalue weighted by atomic mass is 10.2. The van der Waals surface area contributed by atoms with Gasteiger partial charge in [-0.3, -0.25) is 9.89 Å². The second kappa shape index (κ2) is 6.10. The number of nitrogens with zero attached hydrogens (tertiary/aromatic N) is 2. The van der Waals surface area contributed by atoms with Crippen molar-refractivity contribution in [1.82, 2.24) is 15.6 Å². The lowest BCUT2D eigenvalue weighted by Crippen LogP contribution is -2.18. The molecule has 0 saturated heterocycles. The van der Waals surface area contributed by atoms with Crippen LogP contribution >= 0.6 is 38.5 Å². The van der Waals surface area contributed by atoms with Crippen LogP contribution in [-0.4, -0.2) is 22.3 Å². The topological polar surface area (TPSA) is 70.1 Å². The molecule has 2 rings (SSSR count). The van der Waals surface area contributed by atoms with Crippen molar-refractivity contribution in [2.45, 2.75) is 0 Å². The molecule has 2 N–H and O–H groups in total. The van der Waals surface area contributed by atoms with Gasteiger partial charge in [-0.15, -0.1) is 0 Å². The molecule has 0 saturated carbocycles. The maximum absolute atomic E-state index is 11.7. The van der Waals surface area contributed by atoms with E-state index < -0.39 is 0 Å². The van der Waals surface area contributed by atoms with Gasteiger partial charge in [-0.1, -0.05) is 12.1 Å². The maximum atomic E-state index is 11.7. The van der Waals surface area contributed by atoms with E-state index in [1.807, 2.05) is 24.3 Å². The van der Waals surface area contributed by atoms with Crippen LogP contribution in [0.3, 0.4) is 0 Å². The third-order valence-electron chi connectivity index (χ3n) is 2.05. The van der Waals surface area contributed by atoms with E-state index in [2.05, 4.69) is 59.2 Å². The smallest absolute Gasteiger partial charge is 0.272 e. The highest BCUT2D eigenvalue weighted by molar-refractivity contribution is 14.1. The van der Waals surface area contributed by atoms with Crippen LogP contribution in [0.5, 0.6) is 0 Å². The number of H-pyrrole nitrogens is 1. The fourth-order valence-corrected chi connectivity index (χ4v) is 2.18. The fourth-order valence-electron chi connectivity index (χ4n) is 1.24. The molecule has 18 heavy (non-hydrogen) atoms. The summed E-state index contributed by atoms with van der Waals surface area (Å²) < 4.78 is 1.71. The number of rotatable bonds is 3. The number of carbonyl (C=O) groups is 1. The van der Waals surface area contributed by atoms with Crippen LogP contribution in [0.4, 0.5) is 0 Å². The molecule has 1 aromatic carbocycles. The molecule has 0 aliphatic heterocycles. The summed E-state index contributed by atoms with van der Waals surface area (Å²) in [5.74, 6) is -0.346. The second-order valence-corrected chi connectivity index (χ2v) is 5.45. The van der Waals surface area contributed by atoms with Gasteiger partial charge in [-0.2, -0.15) is 10.2 Å². The Balaban J connectivity index is 2.00. The minimum Gasteiger partial charge on any atom is -0.272 e. The van der Waals surface area contributed by atoms with Crippen molar-refractivity contribution in [3.05, 3.63) is 49.8 Å². The Hall–Kier alpha value is -1.22. The average Bonchev–Trinajstić information content (AvgIpc) is 2.75. The SMILES string of the molecule is O=C(N/N=C\c1cccc(I)c1)c1[nH]ncc1Br. The Morgan fingerprint density at radius 2 is 2.39 bits per heavy atom. The molecule has 1 heterocycles. The van der Waals surface area contributed by atoms with Gasteiger partial charge in [0.1, 0.15) is 5.69 Å². The van der Waals surface area contributed by atoms with Gasteiger partial charge >= 0.3 is 0 Å². The first-order valence-electron chi connectivity index (χ1n) is 4.94. The first kappa shape index (κ1) is 13.2. The molecule has 92 valence electrons. The van der Waals surface area contributed by atoms with Crippen LogP contribution in [0.15, 0.2) is 40.0 Å². The first-order chi connectivity index (χ1) is 8.66. The quantitative estimate of drug-likeness (QED) is 0.457. The van der Waals surface area contributed by atoms with Gasteiger partial charge in [0.25, 0.3) is 5.91 Å². The minimum absolute atomic E-state index is 0.342. The van der Waals surface area contributed by atoms with Gasteiger partial charge in [0.15, 0.2) is 0 Å². The molecule has 0 bridgehead atoms. The molecule has 0 fully saturated rings.